The molecule has 0 saturated heterocycles. The van der Waals surface area contributed by atoms with Crippen molar-refractivity contribution in [2.45, 2.75) is 4.90 Å². The monoisotopic (exact) mass is 219 g/mol. The van der Waals surface area contributed by atoms with Crippen LogP contribution in [0.25, 0.3) is 0 Å². The Labute approximate surface area is 79.2 Å². The number of nitrogens with two attached hydrogens (primary N) is 1. The quantitative estimate of drug-likeness (QED) is 0.561. The Kier molecular flexibility index (Phi) is 2.43. The van der Waals surface area contributed by atoms with Gasteiger partial charge in [0.2, 0.25) is 0 Å². The maximum Gasteiger partial charge on any atom is 0.335 e. The topological polar surface area (TPSA) is 97.5 Å². The highest BCUT2D eigenvalue weighted by atomic mass is 32.3. The van der Waals surface area contributed by atoms with Gasteiger partial charge in [0.05, 0.1) is 11.3 Å². The minimum Gasteiger partial charge on any atom is -0.478 e. The molecule has 0 spiro atoms. The second-order valence-corrected chi connectivity index (χ2v) is 3.81. The molecule has 0 unspecified atom stereocenters. The molecule has 5 nitrogen and oxygen atoms in total. The van der Waals surface area contributed by atoms with Crippen molar-refractivity contribution in [1.82, 2.24) is 0 Å². The maximum absolute atomic E-state index is 12.5. The van der Waals surface area contributed by atoms with Gasteiger partial charge in [-0.2, -0.15) is 8.42 Å². The number of carboxylic acid groups (broad SMARTS) is 1. The molecule has 0 fully saturated rings. The molecular weight excluding hydrogens is 213 g/mol. The van der Waals surface area contributed by atoms with E-state index >= 15 is 0 Å². The largest absolute Gasteiger partial charge is 0.478 e. The smallest absolute Gasteiger partial charge is 0.335 e. The third-order valence-electron chi connectivity index (χ3n) is 1.52. The number of hydrogen-bond acceptors (Lipinski definition) is 4. The van der Waals surface area contributed by atoms with Crippen LogP contribution >= 0.6 is 0 Å². The maximum atomic E-state index is 12.5. The predicted molar refractivity (Wildman–Crippen MR) is 46.1 cm³/mol. The number of carboxylic acids is 1. The van der Waals surface area contributed by atoms with Crippen molar-refractivity contribution in [1.29, 1.82) is 0 Å². The van der Waals surface area contributed by atoms with Crippen LogP contribution in [-0.2, 0) is 10.2 Å². The number of hydrogen-bond donors (Lipinski definition) is 2. The van der Waals surface area contributed by atoms with E-state index in [2.05, 4.69) is 0 Å². The van der Waals surface area contributed by atoms with Gasteiger partial charge in [0.1, 0.15) is 4.90 Å². The predicted octanol–water partition coefficient (Wildman–Crippen LogP) is 0.625. The molecule has 0 atom stereocenters. The number of halogens is 1. The fourth-order valence-electron chi connectivity index (χ4n) is 0.879. The summed E-state index contributed by atoms with van der Waals surface area (Å²) in [6, 6.07) is 2.79. The number of anilines is 1. The number of rotatable bonds is 2. The Hall–Kier alpha value is -1.63. The summed E-state index contributed by atoms with van der Waals surface area (Å²) >= 11 is 0. The van der Waals surface area contributed by atoms with Gasteiger partial charge in [-0.25, -0.2) is 4.79 Å². The summed E-state index contributed by atoms with van der Waals surface area (Å²) in [6.45, 7) is 0. The van der Waals surface area contributed by atoms with Crippen LogP contribution in [0.1, 0.15) is 10.4 Å². The van der Waals surface area contributed by atoms with Crippen molar-refractivity contribution >= 4 is 21.9 Å². The molecule has 1 aromatic rings. The highest BCUT2D eigenvalue weighted by molar-refractivity contribution is 7.86. The number of aromatic carboxylic acids is 1. The van der Waals surface area contributed by atoms with Crippen molar-refractivity contribution in [3.63, 3.8) is 0 Å². The highest BCUT2D eigenvalue weighted by Crippen LogP contribution is 2.21. The molecule has 0 aliphatic carbocycles. The number of nitrogen functional groups attached to an aromatic ring is 1. The molecular formula is C7H6FNO4S. The first-order valence-electron chi connectivity index (χ1n) is 3.40. The molecule has 7 heteroatoms. The Morgan fingerprint density at radius 3 is 2.43 bits per heavy atom. The van der Waals surface area contributed by atoms with Gasteiger partial charge < -0.3 is 10.8 Å². The first kappa shape index (κ1) is 10.5. The van der Waals surface area contributed by atoms with Crippen molar-refractivity contribution < 1.29 is 22.2 Å². The van der Waals surface area contributed by atoms with E-state index in [1.165, 1.54) is 0 Å². The van der Waals surface area contributed by atoms with E-state index < -0.39 is 21.1 Å². The molecule has 76 valence electrons. The van der Waals surface area contributed by atoms with Gasteiger partial charge >= 0.3 is 16.2 Å². The summed E-state index contributed by atoms with van der Waals surface area (Å²) in [4.78, 5) is 9.61. The molecule has 0 saturated carbocycles. The van der Waals surface area contributed by atoms with E-state index in [-0.39, 0.29) is 11.3 Å². The van der Waals surface area contributed by atoms with Gasteiger partial charge in [-0.05, 0) is 18.2 Å². The van der Waals surface area contributed by atoms with Crippen LogP contribution < -0.4 is 5.73 Å². The zero-order valence-electron chi connectivity index (χ0n) is 6.77. The Morgan fingerprint density at radius 1 is 1.43 bits per heavy atom. The first-order chi connectivity index (χ1) is 6.32. The number of carbonyl (C=O) groups is 1. The van der Waals surface area contributed by atoms with Crippen LogP contribution in [0.4, 0.5) is 9.57 Å². The second kappa shape index (κ2) is 3.26. The van der Waals surface area contributed by atoms with Crippen molar-refractivity contribution in [2.24, 2.45) is 0 Å². The molecule has 1 aromatic carbocycles. The summed E-state index contributed by atoms with van der Waals surface area (Å²) in [5.74, 6) is -1.35. The van der Waals surface area contributed by atoms with Crippen molar-refractivity contribution in [2.75, 3.05) is 5.73 Å². The van der Waals surface area contributed by atoms with Crippen LogP contribution in [0.15, 0.2) is 23.1 Å². The van der Waals surface area contributed by atoms with Crippen LogP contribution in [0, 0.1) is 0 Å². The number of benzene rings is 1. The average molecular weight is 219 g/mol. The lowest BCUT2D eigenvalue weighted by Gasteiger charge is -2.01. The molecule has 0 aliphatic rings. The minimum absolute atomic E-state index is 0.322. The Morgan fingerprint density at radius 2 is 2.00 bits per heavy atom. The summed E-state index contributed by atoms with van der Waals surface area (Å²) < 4.78 is 33.5. The SMILES string of the molecule is Nc1ccc(C(=O)O)cc1S(=O)(=O)F. The highest BCUT2D eigenvalue weighted by Gasteiger charge is 2.18. The van der Waals surface area contributed by atoms with Gasteiger partial charge in [-0.15, -0.1) is 3.89 Å². The standard InChI is InChI=1S/C7H6FNO4S/c8-14(12,13)6-3-4(7(10)11)1-2-5(6)9/h1-3H,9H2,(H,10,11). The van der Waals surface area contributed by atoms with Gasteiger partial charge in [0.15, 0.2) is 0 Å². The van der Waals surface area contributed by atoms with Crippen LogP contribution in [0.2, 0.25) is 0 Å². The average Bonchev–Trinajstić information content (AvgIpc) is 2.02. The zero-order chi connectivity index (χ0) is 10.9. The molecule has 1 rings (SSSR count). The fourth-order valence-corrected chi connectivity index (χ4v) is 1.50. The summed E-state index contributed by atoms with van der Waals surface area (Å²) in [5, 5.41) is 8.51. The third-order valence-corrected chi connectivity index (χ3v) is 2.40. The third kappa shape index (κ3) is 1.99. The lowest BCUT2D eigenvalue weighted by molar-refractivity contribution is 0.0696. The Bertz CT molecular complexity index is 482. The molecule has 0 radical (unpaired) electrons. The molecule has 14 heavy (non-hydrogen) atoms. The van der Waals surface area contributed by atoms with E-state index in [0.29, 0.717) is 6.07 Å². The second-order valence-electron chi connectivity index (χ2n) is 2.50. The molecule has 0 heterocycles. The fraction of sp³-hybridized carbons (Fsp3) is 0. The molecule has 3 N–H and O–H groups in total. The van der Waals surface area contributed by atoms with E-state index in [1.807, 2.05) is 0 Å². The first-order valence-corrected chi connectivity index (χ1v) is 4.78. The van der Waals surface area contributed by atoms with Crippen molar-refractivity contribution in [3.05, 3.63) is 23.8 Å². The van der Waals surface area contributed by atoms with E-state index in [4.69, 9.17) is 10.8 Å². The molecule has 0 aromatic heterocycles. The van der Waals surface area contributed by atoms with Crippen LogP contribution in [0.5, 0.6) is 0 Å². The van der Waals surface area contributed by atoms with E-state index in [9.17, 15) is 17.1 Å². The van der Waals surface area contributed by atoms with Gasteiger partial charge in [-0.1, -0.05) is 0 Å². The van der Waals surface area contributed by atoms with Gasteiger partial charge in [0.25, 0.3) is 0 Å². The molecule has 0 aliphatic heterocycles. The van der Waals surface area contributed by atoms with Crippen LogP contribution in [-0.4, -0.2) is 19.5 Å². The summed E-state index contributed by atoms with van der Waals surface area (Å²) in [7, 11) is -4.98. The molecule has 0 amide bonds. The molecule has 0 bridgehead atoms. The van der Waals surface area contributed by atoms with E-state index in [1.54, 1.807) is 0 Å². The lowest BCUT2D eigenvalue weighted by atomic mass is 10.2. The van der Waals surface area contributed by atoms with Gasteiger partial charge in [-0.3, -0.25) is 0 Å². The minimum atomic E-state index is -4.98. The lowest BCUT2D eigenvalue weighted by Crippen LogP contribution is -2.03. The summed E-state index contributed by atoms with van der Waals surface area (Å²) in [6.07, 6.45) is 0. The normalized spacial score (nSPS) is 11.2. The van der Waals surface area contributed by atoms with Crippen LogP contribution in [0.3, 0.4) is 0 Å². The summed E-state index contributed by atoms with van der Waals surface area (Å²) in [5.41, 5.74) is 4.50. The Balaban J connectivity index is 3.44. The van der Waals surface area contributed by atoms with E-state index in [0.717, 1.165) is 12.1 Å². The van der Waals surface area contributed by atoms with Crippen molar-refractivity contribution in [3.8, 4) is 0 Å². The zero-order valence-corrected chi connectivity index (χ0v) is 7.58. The van der Waals surface area contributed by atoms with Gasteiger partial charge in [0, 0.05) is 0 Å².